The first-order valence-electron chi connectivity index (χ1n) is 9.30. The van der Waals surface area contributed by atoms with Crippen LogP contribution in [0.25, 0.3) is 0 Å². The van der Waals surface area contributed by atoms with Gasteiger partial charge in [-0.05, 0) is 56.9 Å². The third kappa shape index (κ3) is 5.06. The van der Waals surface area contributed by atoms with Gasteiger partial charge in [-0.2, -0.15) is 0 Å². The second-order valence-electron chi connectivity index (χ2n) is 7.85. The van der Waals surface area contributed by atoms with Crippen LogP contribution in [0.5, 0.6) is 0 Å². The van der Waals surface area contributed by atoms with E-state index in [1.54, 1.807) is 5.38 Å². The van der Waals surface area contributed by atoms with E-state index in [1.807, 2.05) is 82.3 Å². The maximum atomic E-state index is 13.4. The normalized spacial score (nSPS) is 12.3. The number of aryl methyl sites for hydroxylation is 1. The van der Waals surface area contributed by atoms with E-state index in [0.29, 0.717) is 11.3 Å². The summed E-state index contributed by atoms with van der Waals surface area (Å²) in [5, 5.41) is 8.54. The first-order valence-corrected chi connectivity index (χ1v) is 10.1. The zero-order chi connectivity index (χ0) is 21.0. The molecule has 0 fully saturated rings. The number of carbonyl (C=O) groups is 2. The molecule has 0 aliphatic rings. The summed E-state index contributed by atoms with van der Waals surface area (Å²) in [5.74, 6) is -0.638. The van der Waals surface area contributed by atoms with Crippen molar-refractivity contribution in [2.75, 3.05) is 4.90 Å². The summed E-state index contributed by atoms with van der Waals surface area (Å²) < 4.78 is 3.81. The molecular formula is C22H24N4O2S. The minimum Gasteiger partial charge on any atom is -0.349 e. The molecule has 6 nitrogen and oxygen atoms in total. The number of aromatic nitrogens is 2. The fourth-order valence-electron chi connectivity index (χ4n) is 2.96. The van der Waals surface area contributed by atoms with Crippen LogP contribution in [-0.4, -0.2) is 26.9 Å². The maximum absolute atomic E-state index is 13.4. The molecule has 1 N–H and O–H groups in total. The molecule has 0 aliphatic heterocycles. The largest absolute Gasteiger partial charge is 0.349 e. The zero-order valence-corrected chi connectivity index (χ0v) is 17.7. The van der Waals surface area contributed by atoms with Crippen molar-refractivity contribution in [3.63, 3.8) is 0 Å². The van der Waals surface area contributed by atoms with E-state index in [-0.39, 0.29) is 17.5 Å². The summed E-state index contributed by atoms with van der Waals surface area (Å²) in [6.45, 7) is 7.71. The monoisotopic (exact) mass is 408 g/mol. The van der Waals surface area contributed by atoms with Crippen LogP contribution in [0.4, 0.5) is 5.69 Å². The Labute approximate surface area is 174 Å². The lowest BCUT2D eigenvalue weighted by atomic mass is 10.0. The minimum atomic E-state index is -0.854. The lowest BCUT2D eigenvalue weighted by Crippen LogP contribution is -2.49. The Kier molecular flexibility index (Phi) is 6.08. The smallest absolute Gasteiger partial charge is 0.280 e. The number of rotatable bonds is 5. The number of anilines is 1. The highest BCUT2D eigenvalue weighted by molar-refractivity contribution is 7.03. The van der Waals surface area contributed by atoms with Crippen molar-refractivity contribution in [1.29, 1.82) is 0 Å². The average molecular weight is 409 g/mol. The molecule has 0 saturated heterocycles. The van der Waals surface area contributed by atoms with Crippen LogP contribution >= 0.6 is 11.5 Å². The molecule has 3 rings (SSSR count). The number of nitrogens with one attached hydrogen (secondary N) is 1. The highest BCUT2D eigenvalue weighted by Gasteiger charge is 2.35. The highest BCUT2D eigenvalue weighted by Crippen LogP contribution is 2.30. The van der Waals surface area contributed by atoms with Crippen LogP contribution in [0.15, 0.2) is 60.0 Å². The van der Waals surface area contributed by atoms with Gasteiger partial charge in [-0.15, -0.1) is 5.10 Å². The Bertz CT molecular complexity index is 964. The molecule has 0 saturated carbocycles. The lowest BCUT2D eigenvalue weighted by Gasteiger charge is -2.33. The van der Waals surface area contributed by atoms with Gasteiger partial charge in [0.25, 0.3) is 5.91 Å². The lowest BCUT2D eigenvalue weighted by molar-refractivity contribution is -0.123. The fraction of sp³-hybridized carbons (Fsp3) is 0.273. The van der Waals surface area contributed by atoms with E-state index >= 15 is 0 Å². The number of amides is 2. The highest BCUT2D eigenvalue weighted by atomic mass is 32.1. The zero-order valence-electron chi connectivity index (χ0n) is 16.9. The molecule has 1 aromatic heterocycles. The fourth-order valence-corrected chi connectivity index (χ4v) is 3.39. The van der Waals surface area contributed by atoms with Crippen molar-refractivity contribution in [2.45, 2.75) is 39.3 Å². The van der Waals surface area contributed by atoms with Crippen LogP contribution in [0.1, 0.15) is 48.4 Å². The van der Waals surface area contributed by atoms with Crippen molar-refractivity contribution in [3.8, 4) is 0 Å². The number of hydrogen-bond acceptors (Lipinski definition) is 5. The standard InChI is InChI=1S/C22H24N4O2S/c1-15-10-12-17(13-11-15)26(21(28)18-14-29-25-24-18)19(16-8-6-5-7-9-16)20(27)23-22(2,3)4/h5-14,19H,1-4H3,(H,23,27). The van der Waals surface area contributed by atoms with E-state index in [0.717, 1.165) is 17.1 Å². The predicted molar refractivity (Wildman–Crippen MR) is 115 cm³/mol. The number of carbonyl (C=O) groups excluding carboxylic acids is 2. The molecule has 1 heterocycles. The van der Waals surface area contributed by atoms with Crippen molar-refractivity contribution >= 4 is 29.0 Å². The molecule has 150 valence electrons. The number of benzene rings is 2. The van der Waals surface area contributed by atoms with Gasteiger partial charge < -0.3 is 5.32 Å². The Morgan fingerprint density at radius 3 is 2.24 bits per heavy atom. The van der Waals surface area contributed by atoms with E-state index in [4.69, 9.17) is 0 Å². The van der Waals surface area contributed by atoms with Gasteiger partial charge in [-0.25, -0.2) is 0 Å². The van der Waals surface area contributed by atoms with Gasteiger partial charge in [-0.3, -0.25) is 14.5 Å². The van der Waals surface area contributed by atoms with Crippen LogP contribution in [0, 0.1) is 6.92 Å². The summed E-state index contributed by atoms with van der Waals surface area (Å²) in [6.07, 6.45) is 0. The van der Waals surface area contributed by atoms with Gasteiger partial charge >= 0.3 is 0 Å². The van der Waals surface area contributed by atoms with Gasteiger partial charge in [0.2, 0.25) is 5.91 Å². The Morgan fingerprint density at radius 2 is 1.69 bits per heavy atom. The predicted octanol–water partition coefficient (Wildman–Crippen LogP) is 4.15. The topological polar surface area (TPSA) is 75.2 Å². The molecule has 1 unspecified atom stereocenters. The minimum absolute atomic E-state index is 0.208. The van der Waals surface area contributed by atoms with Crippen molar-refractivity contribution in [1.82, 2.24) is 14.9 Å². The van der Waals surface area contributed by atoms with Crippen molar-refractivity contribution in [2.24, 2.45) is 0 Å². The quantitative estimate of drug-likeness (QED) is 0.688. The van der Waals surface area contributed by atoms with Crippen molar-refractivity contribution in [3.05, 3.63) is 76.8 Å². The summed E-state index contributed by atoms with van der Waals surface area (Å²) in [6, 6.07) is 15.9. The molecule has 0 radical (unpaired) electrons. The van der Waals surface area contributed by atoms with Gasteiger partial charge in [0.05, 0.1) is 0 Å². The van der Waals surface area contributed by atoms with Crippen LogP contribution in [0.2, 0.25) is 0 Å². The SMILES string of the molecule is Cc1ccc(N(C(=O)c2csnn2)C(C(=O)NC(C)(C)C)c2ccccc2)cc1. The van der Waals surface area contributed by atoms with Gasteiger partial charge in [-0.1, -0.05) is 52.5 Å². The van der Waals surface area contributed by atoms with E-state index in [2.05, 4.69) is 14.9 Å². The van der Waals surface area contributed by atoms with E-state index < -0.39 is 11.6 Å². The molecule has 3 aromatic rings. The molecule has 0 aliphatic carbocycles. The molecule has 1 atom stereocenters. The third-order valence-electron chi connectivity index (χ3n) is 4.23. The molecule has 29 heavy (non-hydrogen) atoms. The van der Waals surface area contributed by atoms with Gasteiger partial charge in [0.1, 0.15) is 6.04 Å². The third-order valence-corrected chi connectivity index (χ3v) is 4.73. The Hall–Kier alpha value is -3.06. The van der Waals surface area contributed by atoms with E-state index in [1.165, 1.54) is 4.90 Å². The van der Waals surface area contributed by atoms with Crippen LogP contribution in [0.3, 0.4) is 0 Å². The summed E-state index contributed by atoms with van der Waals surface area (Å²) in [4.78, 5) is 28.3. The summed E-state index contributed by atoms with van der Waals surface area (Å²) >= 11 is 1.10. The second kappa shape index (κ2) is 8.53. The summed E-state index contributed by atoms with van der Waals surface area (Å²) in [7, 11) is 0. The Morgan fingerprint density at radius 1 is 1.03 bits per heavy atom. The van der Waals surface area contributed by atoms with Gasteiger partial charge in [0.15, 0.2) is 5.69 Å². The second-order valence-corrected chi connectivity index (χ2v) is 8.46. The molecule has 0 bridgehead atoms. The number of hydrogen-bond donors (Lipinski definition) is 1. The maximum Gasteiger partial charge on any atom is 0.280 e. The molecule has 7 heteroatoms. The molecule has 2 aromatic carbocycles. The van der Waals surface area contributed by atoms with Crippen LogP contribution < -0.4 is 10.2 Å². The van der Waals surface area contributed by atoms with Crippen molar-refractivity contribution < 1.29 is 9.59 Å². The molecule has 2 amide bonds. The van der Waals surface area contributed by atoms with E-state index in [9.17, 15) is 9.59 Å². The first kappa shape index (κ1) is 20.7. The molecular weight excluding hydrogens is 384 g/mol. The van der Waals surface area contributed by atoms with Crippen LogP contribution in [-0.2, 0) is 4.79 Å². The number of nitrogens with zero attached hydrogens (tertiary/aromatic N) is 3. The summed E-state index contributed by atoms with van der Waals surface area (Å²) in [5.41, 5.74) is 2.15. The average Bonchev–Trinajstić information content (AvgIpc) is 3.20. The Balaban J connectivity index is 2.15. The molecule has 0 spiro atoms. The first-order chi connectivity index (χ1) is 13.8. The van der Waals surface area contributed by atoms with Gasteiger partial charge in [0, 0.05) is 16.6 Å².